The molecule has 0 aliphatic carbocycles. The molecule has 23 heavy (non-hydrogen) atoms. The van der Waals surface area contributed by atoms with Crippen LogP contribution in [0.3, 0.4) is 0 Å². The summed E-state index contributed by atoms with van der Waals surface area (Å²) in [5, 5.41) is 0.426. The molecule has 0 aliphatic rings. The van der Waals surface area contributed by atoms with Gasteiger partial charge in [0, 0.05) is 18.7 Å². The molecule has 2 rings (SSSR count). The van der Waals surface area contributed by atoms with Crippen molar-refractivity contribution >= 4 is 21.6 Å². The molecule has 2 aromatic rings. The third-order valence-electron chi connectivity index (χ3n) is 3.79. The van der Waals surface area contributed by atoms with E-state index < -0.39 is 10.0 Å². The average Bonchev–Trinajstić information content (AvgIpc) is 2.52. The number of benzene rings is 2. The summed E-state index contributed by atoms with van der Waals surface area (Å²) in [5.74, 6) is 0. The van der Waals surface area contributed by atoms with Crippen LogP contribution in [0, 0.1) is 13.8 Å². The lowest BCUT2D eigenvalue weighted by Crippen LogP contribution is -2.30. The third kappa shape index (κ3) is 4.12. The highest BCUT2D eigenvalue weighted by atomic mass is 35.5. The first kappa shape index (κ1) is 17.9. The first-order chi connectivity index (χ1) is 10.9. The minimum Gasteiger partial charge on any atom is -0.375 e. The summed E-state index contributed by atoms with van der Waals surface area (Å²) in [6, 6.07) is 12.6. The van der Waals surface area contributed by atoms with Crippen molar-refractivity contribution in [3.8, 4) is 0 Å². The van der Waals surface area contributed by atoms with Crippen LogP contribution < -0.4 is 4.72 Å². The molecule has 0 radical (unpaired) electrons. The summed E-state index contributed by atoms with van der Waals surface area (Å²) < 4.78 is 33.1. The maximum Gasteiger partial charge on any atom is 0.240 e. The third-order valence-corrected chi connectivity index (χ3v) is 5.76. The molecule has 0 fully saturated rings. The van der Waals surface area contributed by atoms with Gasteiger partial charge in [0.25, 0.3) is 0 Å². The largest absolute Gasteiger partial charge is 0.375 e. The van der Waals surface area contributed by atoms with Crippen molar-refractivity contribution in [3.63, 3.8) is 0 Å². The maximum atomic E-state index is 12.5. The quantitative estimate of drug-likeness (QED) is 0.862. The van der Waals surface area contributed by atoms with Crippen LogP contribution in [0.25, 0.3) is 0 Å². The number of hydrogen-bond donors (Lipinski definition) is 1. The van der Waals surface area contributed by atoms with Crippen LogP contribution in [0.4, 0.5) is 0 Å². The fourth-order valence-corrected chi connectivity index (χ4v) is 3.94. The summed E-state index contributed by atoms with van der Waals surface area (Å²) >= 11 is 6.01. The molecule has 0 amide bonds. The van der Waals surface area contributed by atoms with Gasteiger partial charge in [-0.15, -0.1) is 0 Å². The molecule has 4 nitrogen and oxygen atoms in total. The van der Waals surface area contributed by atoms with E-state index in [4.69, 9.17) is 16.3 Å². The number of sulfonamides is 1. The Morgan fingerprint density at radius 1 is 1.13 bits per heavy atom. The van der Waals surface area contributed by atoms with E-state index in [2.05, 4.69) is 4.72 Å². The number of halogens is 1. The highest BCUT2D eigenvalue weighted by Crippen LogP contribution is 2.24. The van der Waals surface area contributed by atoms with E-state index in [-0.39, 0.29) is 17.5 Å². The smallest absolute Gasteiger partial charge is 0.240 e. The van der Waals surface area contributed by atoms with Crippen molar-refractivity contribution < 1.29 is 13.2 Å². The van der Waals surface area contributed by atoms with Crippen LogP contribution in [-0.2, 0) is 14.8 Å². The summed E-state index contributed by atoms with van der Waals surface area (Å²) in [7, 11) is -2.09. The minimum absolute atomic E-state index is 0.148. The van der Waals surface area contributed by atoms with Crippen LogP contribution >= 0.6 is 11.6 Å². The molecule has 0 saturated carbocycles. The lowest BCUT2D eigenvalue weighted by atomic mass is 10.0. The molecular weight excluding hydrogens is 334 g/mol. The lowest BCUT2D eigenvalue weighted by molar-refractivity contribution is 0.107. The Balaban J connectivity index is 2.21. The second-order valence-corrected chi connectivity index (χ2v) is 7.44. The van der Waals surface area contributed by atoms with Crippen LogP contribution in [-0.4, -0.2) is 22.1 Å². The second-order valence-electron chi connectivity index (χ2n) is 5.30. The zero-order valence-electron chi connectivity index (χ0n) is 13.3. The molecule has 0 spiro atoms. The van der Waals surface area contributed by atoms with Crippen molar-refractivity contribution in [1.82, 2.24) is 4.72 Å². The van der Waals surface area contributed by atoms with Gasteiger partial charge in [-0.3, -0.25) is 0 Å². The average molecular weight is 354 g/mol. The van der Waals surface area contributed by atoms with Crippen molar-refractivity contribution in [2.75, 3.05) is 13.7 Å². The van der Waals surface area contributed by atoms with Crippen molar-refractivity contribution in [3.05, 3.63) is 64.2 Å². The molecule has 0 aliphatic heterocycles. The Hall–Kier alpha value is -1.40. The Morgan fingerprint density at radius 3 is 2.48 bits per heavy atom. The predicted molar refractivity (Wildman–Crippen MR) is 92.3 cm³/mol. The Labute approximate surface area is 142 Å². The Bertz CT molecular complexity index is 790. The van der Waals surface area contributed by atoms with E-state index >= 15 is 0 Å². The van der Waals surface area contributed by atoms with Crippen molar-refractivity contribution in [2.24, 2.45) is 0 Å². The number of hydrogen-bond acceptors (Lipinski definition) is 3. The van der Waals surface area contributed by atoms with E-state index in [1.807, 2.05) is 31.2 Å². The fraction of sp³-hybridized carbons (Fsp3) is 0.294. The lowest BCUT2D eigenvalue weighted by Gasteiger charge is -2.19. The summed E-state index contributed by atoms with van der Waals surface area (Å²) in [4.78, 5) is 0.185. The molecule has 124 valence electrons. The zero-order chi connectivity index (χ0) is 17.0. The SMILES string of the molecule is COC(CNS(=O)(=O)c1cccc(Cl)c1C)c1ccccc1C. The van der Waals surface area contributed by atoms with Crippen LogP contribution in [0.1, 0.15) is 22.8 Å². The molecule has 0 bridgehead atoms. The molecule has 0 aromatic heterocycles. The second kappa shape index (κ2) is 7.45. The highest BCUT2D eigenvalue weighted by Gasteiger charge is 2.21. The first-order valence-corrected chi connectivity index (χ1v) is 9.06. The molecule has 1 atom stereocenters. The predicted octanol–water partition coefficient (Wildman–Crippen LogP) is 3.62. The van der Waals surface area contributed by atoms with Crippen molar-refractivity contribution in [1.29, 1.82) is 0 Å². The van der Waals surface area contributed by atoms with E-state index in [0.29, 0.717) is 10.6 Å². The van der Waals surface area contributed by atoms with Gasteiger partial charge in [0.15, 0.2) is 0 Å². The van der Waals surface area contributed by atoms with Gasteiger partial charge in [0.05, 0.1) is 11.0 Å². The normalized spacial score (nSPS) is 13.0. The zero-order valence-corrected chi connectivity index (χ0v) is 14.9. The Morgan fingerprint density at radius 2 is 1.83 bits per heavy atom. The molecule has 0 saturated heterocycles. The number of nitrogens with one attached hydrogen (secondary N) is 1. The number of methoxy groups -OCH3 is 1. The van der Waals surface area contributed by atoms with Gasteiger partial charge >= 0.3 is 0 Å². The van der Waals surface area contributed by atoms with E-state index in [1.165, 1.54) is 0 Å². The van der Waals surface area contributed by atoms with E-state index in [0.717, 1.165) is 11.1 Å². The standard InChI is InChI=1S/C17H20ClNO3S/c1-12-7-4-5-8-14(12)16(22-3)11-19-23(20,21)17-10-6-9-15(18)13(17)2/h4-10,16,19H,11H2,1-3H3. The van der Waals surface area contributed by atoms with E-state index in [1.54, 1.807) is 32.2 Å². The highest BCUT2D eigenvalue weighted by molar-refractivity contribution is 7.89. The summed E-state index contributed by atoms with van der Waals surface area (Å²) in [6.45, 7) is 3.80. The van der Waals surface area contributed by atoms with Crippen molar-refractivity contribution in [2.45, 2.75) is 24.8 Å². The number of ether oxygens (including phenoxy) is 1. The topological polar surface area (TPSA) is 55.4 Å². The number of rotatable bonds is 6. The van der Waals surface area contributed by atoms with Crippen LogP contribution in [0.5, 0.6) is 0 Å². The first-order valence-electron chi connectivity index (χ1n) is 7.20. The van der Waals surface area contributed by atoms with Gasteiger partial charge in [0.2, 0.25) is 10.0 Å². The monoisotopic (exact) mass is 353 g/mol. The summed E-state index contributed by atoms with van der Waals surface area (Å²) in [6.07, 6.45) is -0.356. The minimum atomic E-state index is -3.65. The fourth-order valence-electron chi connectivity index (χ4n) is 2.41. The van der Waals surface area contributed by atoms with Crippen LogP contribution in [0.15, 0.2) is 47.4 Å². The molecular formula is C17H20ClNO3S. The van der Waals surface area contributed by atoms with Gasteiger partial charge in [-0.25, -0.2) is 13.1 Å². The number of aryl methyl sites for hydroxylation is 1. The summed E-state index contributed by atoms with van der Waals surface area (Å²) in [5.41, 5.74) is 2.55. The molecule has 0 heterocycles. The Kier molecular flexibility index (Phi) is 5.81. The van der Waals surface area contributed by atoms with Gasteiger partial charge in [0.1, 0.15) is 0 Å². The molecule has 6 heteroatoms. The van der Waals surface area contributed by atoms with E-state index in [9.17, 15) is 8.42 Å². The maximum absolute atomic E-state index is 12.5. The van der Waals surface area contributed by atoms with Gasteiger partial charge in [-0.2, -0.15) is 0 Å². The van der Waals surface area contributed by atoms with Gasteiger partial charge in [-0.05, 0) is 42.7 Å². The molecule has 1 N–H and O–H groups in total. The van der Waals surface area contributed by atoms with Crippen LogP contribution in [0.2, 0.25) is 5.02 Å². The van der Waals surface area contributed by atoms with Gasteiger partial charge in [-0.1, -0.05) is 41.9 Å². The molecule has 2 aromatic carbocycles. The van der Waals surface area contributed by atoms with Gasteiger partial charge < -0.3 is 4.74 Å². The molecule has 1 unspecified atom stereocenters.